The summed E-state index contributed by atoms with van der Waals surface area (Å²) in [7, 11) is 0. The van der Waals surface area contributed by atoms with Crippen LogP contribution in [0.4, 0.5) is 5.69 Å². The van der Waals surface area contributed by atoms with Crippen LogP contribution in [0.2, 0.25) is 0 Å². The summed E-state index contributed by atoms with van der Waals surface area (Å²) in [5, 5.41) is 9.07. The molecule has 0 aliphatic heterocycles. The van der Waals surface area contributed by atoms with E-state index in [2.05, 4.69) is 0 Å². The van der Waals surface area contributed by atoms with Gasteiger partial charge < -0.3 is 10.0 Å². The van der Waals surface area contributed by atoms with Crippen molar-refractivity contribution in [1.29, 1.82) is 0 Å². The molecule has 108 valence electrons. The van der Waals surface area contributed by atoms with Crippen LogP contribution in [0.1, 0.15) is 19.8 Å². The van der Waals surface area contributed by atoms with Crippen molar-refractivity contribution >= 4 is 29.3 Å². The van der Waals surface area contributed by atoms with Gasteiger partial charge in [0.25, 0.3) is 0 Å². The van der Waals surface area contributed by atoms with Crippen LogP contribution in [0.3, 0.4) is 0 Å². The Morgan fingerprint density at radius 2 is 2.15 bits per heavy atom. The predicted octanol–water partition coefficient (Wildman–Crippen LogP) is 2.87. The Hall–Kier alpha value is -1.49. The summed E-state index contributed by atoms with van der Waals surface area (Å²) in [5.74, 6) is -1.32. The van der Waals surface area contributed by atoms with Gasteiger partial charge in [0.2, 0.25) is 5.91 Å². The largest absolute Gasteiger partial charge is 0.481 e. The van der Waals surface area contributed by atoms with Crippen molar-refractivity contribution in [2.24, 2.45) is 11.8 Å². The van der Waals surface area contributed by atoms with Crippen LogP contribution in [0.25, 0.3) is 0 Å². The number of rotatable bonds is 6. The Kier molecular flexibility index (Phi) is 4.70. The summed E-state index contributed by atoms with van der Waals surface area (Å²) >= 11 is 1.61. The number of nitrogens with zero attached hydrogens (tertiary/aromatic N) is 1. The lowest BCUT2D eigenvalue weighted by atomic mass is 10.1. The van der Waals surface area contributed by atoms with Gasteiger partial charge in [0.1, 0.15) is 0 Å². The average Bonchev–Trinajstić information content (AvgIpc) is 3.28. The van der Waals surface area contributed by atoms with Crippen LogP contribution in [0.15, 0.2) is 29.2 Å². The molecule has 0 spiro atoms. The number of carbonyl (C=O) groups excluding carboxylic acids is 1. The minimum atomic E-state index is -0.875. The van der Waals surface area contributed by atoms with Crippen LogP contribution in [-0.4, -0.2) is 29.8 Å². The number of aliphatic carboxylic acids is 1. The third-order valence-electron chi connectivity index (χ3n) is 3.44. The summed E-state index contributed by atoms with van der Waals surface area (Å²) in [6.07, 6.45) is 3.81. The SMILES string of the molecule is CSc1cccc(N(CC(C)C(=O)O)C(=O)C2CC2)c1. The van der Waals surface area contributed by atoms with Gasteiger partial charge in [-0.1, -0.05) is 13.0 Å². The maximum absolute atomic E-state index is 12.4. The second kappa shape index (κ2) is 6.31. The second-order valence-electron chi connectivity index (χ2n) is 5.16. The molecule has 2 rings (SSSR count). The number of benzene rings is 1. The molecule has 1 saturated carbocycles. The van der Waals surface area contributed by atoms with E-state index >= 15 is 0 Å². The number of hydrogen-bond donors (Lipinski definition) is 1. The van der Waals surface area contributed by atoms with E-state index in [1.165, 1.54) is 0 Å². The lowest BCUT2D eigenvalue weighted by molar-refractivity contribution is -0.140. The summed E-state index contributed by atoms with van der Waals surface area (Å²) < 4.78 is 0. The van der Waals surface area contributed by atoms with Crippen molar-refractivity contribution < 1.29 is 14.7 Å². The number of thioether (sulfide) groups is 1. The first-order chi connectivity index (χ1) is 9.52. The number of amides is 1. The van der Waals surface area contributed by atoms with Gasteiger partial charge in [-0.15, -0.1) is 11.8 Å². The monoisotopic (exact) mass is 293 g/mol. The van der Waals surface area contributed by atoms with E-state index in [4.69, 9.17) is 5.11 Å². The number of carboxylic acid groups (broad SMARTS) is 1. The lowest BCUT2D eigenvalue weighted by Crippen LogP contribution is -2.38. The summed E-state index contributed by atoms with van der Waals surface area (Å²) in [5.41, 5.74) is 0.793. The molecule has 0 bridgehead atoms. The zero-order valence-electron chi connectivity index (χ0n) is 11.7. The minimum Gasteiger partial charge on any atom is -0.481 e. The van der Waals surface area contributed by atoms with Gasteiger partial charge in [0, 0.05) is 23.0 Å². The maximum atomic E-state index is 12.4. The second-order valence-corrected chi connectivity index (χ2v) is 6.04. The molecule has 1 N–H and O–H groups in total. The molecule has 0 radical (unpaired) electrons. The van der Waals surface area contributed by atoms with Gasteiger partial charge in [0.15, 0.2) is 0 Å². The van der Waals surface area contributed by atoms with Crippen molar-refractivity contribution in [2.45, 2.75) is 24.7 Å². The van der Waals surface area contributed by atoms with Crippen LogP contribution < -0.4 is 4.90 Å². The van der Waals surface area contributed by atoms with Gasteiger partial charge >= 0.3 is 5.97 Å². The molecule has 1 unspecified atom stereocenters. The molecule has 5 heteroatoms. The molecule has 0 saturated heterocycles. The Labute approximate surface area is 123 Å². The lowest BCUT2D eigenvalue weighted by Gasteiger charge is -2.25. The van der Waals surface area contributed by atoms with Gasteiger partial charge in [0.05, 0.1) is 5.92 Å². The Morgan fingerprint density at radius 3 is 2.70 bits per heavy atom. The quantitative estimate of drug-likeness (QED) is 0.819. The smallest absolute Gasteiger partial charge is 0.308 e. The zero-order chi connectivity index (χ0) is 14.7. The highest BCUT2D eigenvalue weighted by atomic mass is 32.2. The molecular formula is C15H19NO3S. The van der Waals surface area contributed by atoms with Gasteiger partial charge in [-0.05, 0) is 37.3 Å². The fraction of sp³-hybridized carbons (Fsp3) is 0.467. The van der Waals surface area contributed by atoms with E-state index in [-0.39, 0.29) is 18.4 Å². The molecule has 0 heterocycles. The molecule has 1 aromatic rings. The summed E-state index contributed by atoms with van der Waals surface area (Å²) in [6, 6.07) is 7.70. The predicted molar refractivity (Wildman–Crippen MR) is 80.1 cm³/mol. The van der Waals surface area contributed by atoms with Gasteiger partial charge in [-0.25, -0.2) is 0 Å². The fourth-order valence-corrected chi connectivity index (χ4v) is 2.46. The number of carbonyl (C=O) groups is 2. The zero-order valence-corrected chi connectivity index (χ0v) is 12.5. The van der Waals surface area contributed by atoms with Crippen molar-refractivity contribution in [1.82, 2.24) is 0 Å². The molecule has 1 atom stereocenters. The van der Waals surface area contributed by atoms with E-state index in [1.54, 1.807) is 23.6 Å². The highest BCUT2D eigenvalue weighted by Crippen LogP contribution is 2.34. The van der Waals surface area contributed by atoms with Crippen molar-refractivity contribution in [3.63, 3.8) is 0 Å². The topological polar surface area (TPSA) is 57.6 Å². The van der Waals surface area contributed by atoms with E-state index in [1.807, 2.05) is 30.5 Å². The summed E-state index contributed by atoms with van der Waals surface area (Å²) in [6.45, 7) is 1.86. The molecule has 1 amide bonds. The highest BCUT2D eigenvalue weighted by Gasteiger charge is 2.35. The molecular weight excluding hydrogens is 274 g/mol. The average molecular weight is 293 g/mol. The molecule has 1 aromatic carbocycles. The summed E-state index contributed by atoms with van der Waals surface area (Å²) in [4.78, 5) is 26.1. The normalized spacial score (nSPS) is 15.7. The van der Waals surface area contributed by atoms with Crippen LogP contribution in [0, 0.1) is 11.8 Å². The van der Waals surface area contributed by atoms with Crippen LogP contribution in [0.5, 0.6) is 0 Å². The highest BCUT2D eigenvalue weighted by molar-refractivity contribution is 7.98. The first kappa shape index (κ1) is 14.9. The van der Waals surface area contributed by atoms with Gasteiger partial charge in [-0.3, -0.25) is 9.59 Å². The van der Waals surface area contributed by atoms with E-state index < -0.39 is 11.9 Å². The molecule has 0 aromatic heterocycles. The Balaban J connectivity index is 2.24. The third-order valence-corrected chi connectivity index (χ3v) is 4.16. The van der Waals surface area contributed by atoms with Crippen molar-refractivity contribution in [3.05, 3.63) is 24.3 Å². The van der Waals surface area contributed by atoms with E-state index in [0.717, 1.165) is 23.4 Å². The Morgan fingerprint density at radius 1 is 1.45 bits per heavy atom. The first-order valence-corrected chi connectivity index (χ1v) is 7.93. The molecule has 1 aliphatic carbocycles. The fourth-order valence-electron chi connectivity index (χ4n) is 2.00. The molecule has 4 nitrogen and oxygen atoms in total. The first-order valence-electron chi connectivity index (χ1n) is 6.71. The van der Waals surface area contributed by atoms with Gasteiger partial charge in [-0.2, -0.15) is 0 Å². The number of hydrogen-bond acceptors (Lipinski definition) is 3. The third kappa shape index (κ3) is 3.54. The molecule has 1 fully saturated rings. The maximum Gasteiger partial charge on any atom is 0.308 e. The van der Waals surface area contributed by atoms with Crippen LogP contribution >= 0.6 is 11.8 Å². The number of anilines is 1. The van der Waals surface area contributed by atoms with E-state index in [0.29, 0.717) is 0 Å². The number of carboxylic acids is 1. The Bertz CT molecular complexity index is 514. The van der Waals surface area contributed by atoms with Crippen molar-refractivity contribution in [2.75, 3.05) is 17.7 Å². The molecule has 20 heavy (non-hydrogen) atoms. The van der Waals surface area contributed by atoms with Crippen molar-refractivity contribution in [3.8, 4) is 0 Å². The van der Waals surface area contributed by atoms with E-state index in [9.17, 15) is 9.59 Å². The minimum absolute atomic E-state index is 0.0522. The standard InChI is InChI=1S/C15H19NO3S/c1-10(15(18)19)9-16(14(17)11-6-7-11)12-4-3-5-13(8-12)20-2/h3-5,8,10-11H,6-7,9H2,1-2H3,(H,18,19). The molecule has 1 aliphatic rings. The van der Waals surface area contributed by atoms with Crippen LogP contribution in [-0.2, 0) is 9.59 Å².